The molecule has 1 aromatic carbocycles. The lowest BCUT2D eigenvalue weighted by atomic mass is 10.2. The molecule has 0 unspecified atom stereocenters. The van der Waals surface area contributed by atoms with Crippen LogP contribution in [-0.2, 0) is 17.9 Å². The van der Waals surface area contributed by atoms with Crippen LogP contribution in [0.1, 0.15) is 11.3 Å². The molecule has 0 bridgehead atoms. The second kappa shape index (κ2) is 6.84. The summed E-state index contributed by atoms with van der Waals surface area (Å²) in [6.07, 6.45) is 4.75. The SMILES string of the molecule is Cc1nn(CC(=O)Nc2cnn(Cc3ccccc3F)c2)cc1Cl. The minimum absolute atomic E-state index is 0.0477. The van der Waals surface area contributed by atoms with E-state index < -0.39 is 0 Å². The highest BCUT2D eigenvalue weighted by atomic mass is 35.5. The molecule has 3 rings (SSSR count). The number of rotatable bonds is 5. The van der Waals surface area contributed by atoms with Crippen LogP contribution in [0.2, 0.25) is 5.02 Å². The highest BCUT2D eigenvalue weighted by Gasteiger charge is 2.09. The van der Waals surface area contributed by atoms with Crippen molar-refractivity contribution in [1.82, 2.24) is 19.6 Å². The first kappa shape index (κ1) is 16.2. The Morgan fingerprint density at radius 1 is 1.29 bits per heavy atom. The molecular weight excluding hydrogens is 333 g/mol. The summed E-state index contributed by atoms with van der Waals surface area (Å²) in [6, 6.07) is 6.50. The number of aryl methyl sites for hydroxylation is 1. The smallest absolute Gasteiger partial charge is 0.246 e. The quantitative estimate of drug-likeness (QED) is 0.771. The molecular formula is C16H15ClFN5O. The number of carbonyl (C=O) groups is 1. The highest BCUT2D eigenvalue weighted by Crippen LogP contribution is 2.13. The first-order valence-corrected chi connectivity index (χ1v) is 7.64. The summed E-state index contributed by atoms with van der Waals surface area (Å²) in [7, 11) is 0. The Kier molecular flexibility index (Phi) is 4.61. The normalized spacial score (nSPS) is 10.8. The van der Waals surface area contributed by atoms with Gasteiger partial charge in [0.15, 0.2) is 0 Å². The largest absolute Gasteiger partial charge is 0.322 e. The van der Waals surface area contributed by atoms with Crippen LogP contribution in [0.15, 0.2) is 42.9 Å². The first-order valence-electron chi connectivity index (χ1n) is 7.26. The number of hydrogen-bond donors (Lipinski definition) is 1. The maximum absolute atomic E-state index is 13.6. The van der Waals surface area contributed by atoms with E-state index in [4.69, 9.17) is 11.6 Å². The number of hydrogen-bond acceptors (Lipinski definition) is 3. The van der Waals surface area contributed by atoms with Crippen LogP contribution in [0.4, 0.5) is 10.1 Å². The van der Waals surface area contributed by atoms with E-state index in [-0.39, 0.29) is 24.8 Å². The lowest BCUT2D eigenvalue weighted by Gasteiger charge is -2.04. The van der Waals surface area contributed by atoms with Crippen molar-refractivity contribution in [2.75, 3.05) is 5.32 Å². The van der Waals surface area contributed by atoms with Gasteiger partial charge < -0.3 is 5.32 Å². The molecule has 0 atom stereocenters. The second-order valence-corrected chi connectivity index (χ2v) is 5.73. The summed E-state index contributed by atoms with van der Waals surface area (Å²) in [6.45, 7) is 2.10. The van der Waals surface area contributed by atoms with Gasteiger partial charge in [-0.3, -0.25) is 14.2 Å². The number of amides is 1. The van der Waals surface area contributed by atoms with Gasteiger partial charge >= 0.3 is 0 Å². The number of benzene rings is 1. The molecule has 24 heavy (non-hydrogen) atoms. The zero-order chi connectivity index (χ0) is 17.1. The molecule has 0 aliphatic carbocycles. The highest BCUT2D eigenvalue weighted by molar-refractivity contribution is 6.31. The van der Waals surface area contributed by atoms with Crippen molar-refractivity contribution in [2.24, 2.45) is 0 Å². The Bertz CT molecular complexity index is 853. The minimum atomic E-state index is -0.287. The van der Waals surface area contributed by atoms with E-state index in [1.54, 1.807) is 42.2 Å². The summed E-state index contributed by atoms with van der Waals surface area (Å²) in [5.74, 6) is -0.538. The van der Waals surface area contributed by atoms with E-state index in [1.807, 2.05) is 0 Å². The predicted molar refractivity (Wildman–Crippen MR) is 88.3 cm³/mol. The zero-order valence-electron chi connectivity index (χ0n) is 12.9. The molecule has 0 aliphatic rings. The average Bonchev–Trinajstić information content (AvgIpc) is 3.08. The fourth-order valence-corrected chi connectivity index (χ4v) is 2.39. The monoisotopic (exact) mass is 347 g/mol. The van der Waals surface area contributed by atoms with Gasteiger partial charge in [-0.05, 0) is 13.0 Å². The number of nitrogens with zero attached hydrogens (tertiary/aromatic N) is 4. The Morgan fingerprint density at radius 3 is 2.79 bits per heavy atom. The maximum Gasteiger partial charge on any atom is 0.246 e. The average molecular weight is 348 g/mol. The molecule has 3 aromatic rings. The van der Waals surface area contributed by atoms with Gasteiger partial charge in [0.25, 0.3) is 0 Å². The maximum atomic E-state index is 13.6. The molecule has 0 fully saturated rings. The molecule has 0 aliphatic heterocycles. The number of halogens is 2. The molecule has 0 radical (unpaired) electrons. The Morgan fingerprint density at radius 2 is 2.08 bits per heavy atom. The van der Waals surface area contributed by atoms with Gasteiger partial charge in [-0.25, -0.2) is 4.39 Å². The van der Waals surface area contributed by atoms with Gasteiger partial charge in [0, 0.05) is 18.0 Å². The standard InChI is InChI=1S/C16H15ClFN5O/c1-11-14(17)9-23(21-11)10-16(24)20-13-6-19-22(8-13)7-12-4-2-3-5-15(12)18/h2-6,8-9H,7,10H2,1H3,(H,20,24). The summed E-state index contributed by atoms with van der Waals surface area (Å²) in [4.78, 5) is 12.0. The van der Waals surface area contributed by atoms with E-state index in [1.165, 1.54) is 16.9 Å². The van der Waals surface area contributed by atoms with Crippen LogP contribution in [-0.4, -0.2) is 25.5 Å². The van der Waals surface area contributed by atoms with Crippen LogP contribution in [0.3, 0.4) is 0 Å². The summed E-state index contributed by atoms with van der Waals surface area (Å²) < 4.78 is 16.7. The lowest BCUT2D eigenvalue weighted by molar-refractivity contribution is -0.116. The zero-order valence-corrected chi connectivity index (χ0v) is 13.7. The van der Waals surface area contributed by atoms with Gasteiger partial charge in [0.1, 0.15) is 12.4 Å². The van der Waals surface area contributed by atoms with Crippen LogP contribution in [0.25, 0.3) is 0 Å². The van der Waals surface area contributed by atoms with Gasteiger partial charge in [0.05, 0.1) is 29.1 Å². The summed E-state index contributed by atoms with van der Waals surface area (Å²) in [5, 5.41) is 11.5. The first-order chi connectivity index (χ1) is 11.5. The van der Waals surface area contributed by atoms with Gasteiger partial charge in [-0.2, -0.15) is 10.2 Å². The molecule has 2 aromatic heterocycles. The van der Waals surface area contributed by atoms with Crippen molar-refractivity contribution in [1.29, 1.82) is 0 Å². The van der Waals surface area contributed by atoms with Crippen molar-refractivity contribution in [3.63, 3.8) is 0 Å². The van der Waals surface area contributed by atoms with Crippen LogP contribution in [0, 0.1) is 12.7 Å². The van der Waals surface area contributed by atoms with Crippen molar-refractivity contribution >= 4 is 23.2 Å². The summed E-state index contributed by atoms with van der Waals surface area (Å²) >= 11 is 5.91. The van der Waals surface area contributed by atoms with Crippen molar-refractivity contribution in [3.8, 4) is 0 Å². The fourth-order valence-electron chi connectivity index (χ4n) is 2.24. The van der Waals surface area contributed by atoms with Crippen LogP contribution >= 0.6 is 11.6 Å². The summed E-state index contributed by atoms with van der Waals surface area (Å²) in [5.41, 5.74) is 1.73. The predicted octanol–water partition coefficient (Wildman–Crippen LogP) is 2.87. The molecule has 1 N–H and O–H groups in total. The van der Waals surface area contributed by atoms with E-state index >= 15 is 0 Å². The van der Waals surface area contributed by atoms with Gasteiger partial charge in [0.2, 0.25) is 5.91 Å². The van der Waals surface area contributed by atoms with Crippen LogP contribution in [0.5, 0.6) is 0 Å². The Balaban J connectivity index is 1.61. The van der Waals surface area contributed by atoms with Crippen molar-refractivity contribution in [2.45, 2.75) is 20.0 Å². The second-order valence-electron chi connectivity index (χ2n) is 5.33. The molecule has 0 saturated heterocycles. The topological polar surface area (TPSA) is 64.7 Å². The number of nitrogens with one attached hydrogen (secondary N) is 1. The molecule has 6 nitrogen and oxygen atoms in total. The van der Waals surface area contributed by atoms with E-state index in [2.05, 4.69) is 15.5 Å². The van der Waals surface area contributed by atoms with Crippen molar-refractivity contribution in [3.05, 3.63) is 65.0 Å². The van der Waals surface area contributed by atoms with E-state index in [0.29, 0.717) is 22.0 Å². The van der Waals surface area contributed by atoms with E-state index in [9.17, 15) is 9.18 Å². The number of anilines is 1. The molecule has 124 valence electrons. The Labute approximate surface area is 142 Å². The fraction of sp³-hybridized carbons (Fsp3) is 0.188. The molecule has 0 spiro atoms. The molecule has 2 heterocycles. The molecule has 0 saturated carbocycles. The number of aromatic nitrogens is 4. The van der Waals surface area contributed by atoms with Gasteiger partial charge in [-0.1, -0.05) is 29.8 Å². The molecule has 1 amide bonds. The third-order valence-electron chi connectivity index (χ3n) is 3.40. The third-order valence-corrected chi connectivity index (χ3v) is 3.77. The van der Waals surface area contributed by atoms with Crippen molar-refractivity contribution < 1.29 is 9.18 Å². The van der Waals surface area contributed by atoms with Crippen LogP contribution < -0.4 is 5.32 Å². The third kappa shape index (κ3) is 3.80. The number of carbonyl (C=O) groups excluding carboxylic acids is 1. The Hall–Kier alpha value is -2.67. The van der Waals surface area contributed by atoms with E-state index in [0.717, 1.165) is 0 Å². The van der Waals surface area contributed by atoms with Gasteiger partial charge in [-0.15, -0.1) is 0 Å². The minimum Gasteiger partial charge on any atom is -0.322 e. The molecule has 8 heteroatoms. The lowest BCUT2D eigenvalue weighted by Crippen LogP contribution is -2.18.